The molecule has 1 aliphatic heterocycles. The van der Waals surface area contributed by atoms with Crippen molar-refractivity contribution in [1.29, 1.82) is 0 Å². The number of amides is 3. The molecule has 1 N–H and O–H groups in total. The van der Waals surface area contributed by atoms with Crippen molar-refractivity contribution in [3.8, 4) is 0 Å². The Morgan fingerprint density at radius 1 is 1.11 bits per heavy atom. The van der Waals surface area contributed by atoms with Gasteiger partial charge in [0.05, 0.1) is 0 Å². The van der Waals surface area contributed by atoms with E-state index in [0.29, 0.717) is 31.7 Å². The first-order valence-corrected chi connectivity index (χ1v) is 8.54. The summed E-state index contributed by atoms with van der Waals surface area (Å²) in [6.07, 6.45) is 2.19. The fraction of sp³-hybridized carbons (Fsp3) is 0.263. The largest absolute Gasteiger partial charge is 0.347 e. The molecule has 0 unspecified atom stereocenters. The van der Waals surface area contributed by atoms with Gasteiger partial charge in [-0.25, -0.2) is 4.39 Å². The quantitative estimate of drug-likeness (QED) is 0.798. The molecule has 140 valence electrons. The standard InChI is InChI=1S/C19H19FN4O3/c20-16-3-1-14(2-4-16)12-22-18(26)17-11-15(5-6-21-17)19(27)24-9-7-23(13-25)8-10-24/h1-6,11,13H,7-10,12H2,(H,22,26). The van der Waals surface area contributed by atoms with Crippen molar-refractivity contribution >= 4 is 18.2 Å². The van der Waals surface area contributed by atoms with Gasteiger partial charge in [-0.3, -0.25) is 19.4 Å². The lowest BCUT2D eigenvalue weighted by Gasteiger charge is -2.32. The fourth-order valence-corrected chi connectivity index (χ4v) is 2.78. The second kappa shape index (κ2) is 8.39. The molecule has 3 rings (SSSR count). The number of nitrogens with zero attached hydrogens (tertiary/aromatic N) is 3. The van der Waals surface area contributed by atoms with E-state index in [1.807, 2.05) is 0 Å². The second-order valence-electron chi connectivity index (χ2n) is 6.17. The fourth-order valence-electron chi connectivity index (χ4n) is 2.78. The Morgan fingerprint density at radius 2 is 1.81 bits per heavy atom. The molecule has 0 aliphatic carbocycles. The van der Waals surface area contributed by atoms with E-state index in [0.717, 1.165) is 12.0 Å². The lowest BCUT2D eigenvalue weighted by molar-refractivity contribution is -0.119. The third kappa shape index (κ3) is 4.66. The number of benzene rings is 1. The van der Waals surface area contributed by atoms with Gasteiger partial charge in [0.1, 0.15) is 11.5 Å². The Hall–Kier alpha value is -3.29. The van der Waals surface area contributed by atoms with Crippen LogP contribution in [0.25, 0.3) is 0 Å². The van der Waals surface area contributed by atoms with Crippen LogP contribution in [0, 0.1) is 5.82 Å². The maximum atomic E-state index is 12.9. The lowest BCUT2D eigenvalue weighted by Crippen LogP contribution is -2.48. The van der Waals surface area contributed by atoms with E-state index in [1.165, 1.54) is 24.4 Å². The van der Waals surface area contributed by atoms with E-state index in [9.17, 15) is 18.8 Å². The number of pyridine rings is 1. The molecule has 1 aliphatic rings. The SMILES string of the molecule is O=CN1CCN(C(=O)c2ccnc(C(=O)NCc3ccc(F)cc3)c2)CC1. The van der Waals surface area contributed by atoms with E-state index < -0.39 is 5.91 Å². The first kappa shape index (κ1) is 18.5. The van der Waals surface area contributed by atoms with Crippen molar-refractivity contribution in [2.45, 2.75) is 6.54 Å². The van der Waals surface area contributed by atoms with Crippen molar-refractivity contribution in [1.82, 2.24) is 20.1 Å². The maximum Gasteiger partial charge on any atom is 0.270 e. The number of hydrogen-bond donors (Lipinski definition) is 1. The molecule has 27 heavy (non-hydrogen) atoms. The Labute approximate surface area is 155 Å². The van der Waals surface area contributed by atoms with Gasteiger partial charge in [-0.05, 0) is 29.8 Å². The third-order valence-electron chi connectivity index (χ3n) is 4.36. The summed E-state index contributed by atoms with van der Waals surface area (Å²) < 4.78 is 12.9. The number of piperazine rings is 1. The zero-order chi connectivity index (χ0) is 19.2. The van der Waals surface area contributed by atoms with Crippen molar-refractivity contribution < 1.29 is 18.8 Å². The van der Waals surface area contributed by atoms with Crippen LogP contribution in [0.5, 0.6) is 0 Å². The minimum Gasteiger partial charge on any atom is -0.347 e. The molecule has 1 aromatic carbocycles. The zero-order valence-corrected chi connectivity index (χ0v) is 14.6. The topological polar surface area (TPSA) is 82.6 Å². The van der Waals surface area contributed by atoms with Gasteiger partial charge in [-0.15, -0.1) is 0 Å². The second-order valence-corrected chi connectivity index (χ2v) is 6.17. The Balaban J connectivity index is 1.62. The van der Waals surface area contributed by atoms with Gasteiger partial charge in [0.15, 0.2) is 0 Å². The van der Waals surface area contributed by atoms with Crippen molar-refractivity contribution in [3.05, 3.63) is 65.2 Å². The molecule has 1 fully saturated rings. The molecule has 0 spiro atoms. The van der Waals surface area contributed by atoms with Crippen LogP contribution in [0.2, 0.25) is 0 Å². The highest BCUT2D eigenvalue weighted by Crippen LogP contribution is 2.10. The van der Waals surface area contributed by atoms with E-state index in [4.69, 9.17) is 0 Å². The van der Waals surface area contributed by atoms with Gasteiger partial charge >= 0.3 is 0 Å². The Kier molecular flexibility index (Phi) is 5.75. The van der Waals surface area contributed by atoms with Crippen LogP contribution in [0.3, 0.4) is 0 Å². The van der Waals surface area contributed by atoms with E-state index in [-0.39, 0.29) is 24.0 Å². The molecule has 1 aromatic heterocycles. The molecule has 2 heterocycles. The van der Waals surface area contributed by atoms with Crippen LogP contribution < -0.4 is 5.32 Å². The first-order chi connectivity index (χ1) is 13.1. The Morgan fingerprint density at radius 3 is 2.48 bits per heavy atom. The van der Waals surface area contributed by atoms with Crippen molar-refractivity contribution in [3.63, 3.8) is 0 Å². The van der Waals surface area contributed by atoms with Gasteiger partial charge in [0.2, 0.25) is 6.41 Å². The summed E-state index contributed by atoms with van der Waals surface area (Å²) in [5, 5.41) is 2.70. The molecule has 0 saturated carbocycles. The summed E-state index contributed by atoms with van der Waals surface area (Å²) >= 11 is 0. The van der Waals surface area contributed by atoms with Crippen molar-refractivity contribution in [2.24, 2.45) is 0 Å². The van der Waals surface area contributed by atoms with Crippen LogP contribution in [0.15, 0.2) is 42.6 Å². The number of carbonyl (C=O) groups excluding carboxylic acids is 3. The zero-order valence-electron chi connectivity index (χ0n) is 14.6. The number of carbonyl (C=O) groups is 3. The summed E-state index contributed by atoms with van der Waals surface area (Å²) in [6.45, 7) is 2.11. The van der Waals surface area contributed by atoms with Crippen LogP contribution >= 0.6 is 0 Å². The van der Waals surface area contributed by atoms with Crippen LogP contribution in [0.1, 0.15) is 26.4 Å². The average molecular weight is 370 g/mol. The smallest absolute Gasteiger partial charge is 0.270 e. The molecule has 8 heteroatoms. The summed E-state index contributed by atoms with van der Waals surface area (Å²) in [6, 6.07) is 8.83. The van der Waals surface area contributed by atoms with Gasteiger partial charge in [0, 0.05) is 44.5 Å². The number of aromatic nitrogens is 1. The molecular weight excluding hydrogens is 351 g/mol. The molecule has 1 saturated heterocycles. The molecule has 3 amide bonds. The van der Waals surface area contributed by atoms with Gasteiger partial charge in [-0.1, -0.05) is 12.1 Å². The summed E-state index contributed by atoms with van der Waals surface area (Å²) in [4.78, 5) is 42.9. The molecule has 7 nitrogen and oxygen atoms in total. The number of rotatable bonds is 5. The highest BCUT2D eigenvalue weighted by Gasteiger charge is 2.22. The highest BCUT2D eigenvalue weighted by atomic mass is 19.1. The van der Waals surface area contributed by atoms with E-state index in [1.54, 1.807) is 28.0 Å². The van der Waals surface area contributed by atoms with E-state index >= 15 is 0 Å². The lowest BCUT2D eigenvalue weighted by atomic mass is 10.1. The molecular formula is C19H19FN4O3. The summed E-state index contributed by atoms with van der Waals surface area (Å²) in [5.74, 6) is -0.956. The number of halogens is 1. The molecule has 2 aromatic rings. The average Bonchev–Trinajstić information content (AvgIpc) is 2.72. The van der Waals surface area contributed by atoms with Crippen molar-refractivity contribution in [2.75, 3.05) is 26.2 Å². The van der Waals surface area contributed by atoms with Gasteiger partial charge in [0.25, 0.3) is 11.8 Å². The normalized spacial score (nSPS) is 14.0. The van der Waals surface area contributed by atoms with Crippen LogP contribution in [0.4, 0.5) is 4.39 Å². The van der Waals surface area contributed by atoms with Gasteiger partial charge < -0.3 is 15.1 Å². The van der Waals surface area contributed by atoms with Gasteiger partial charge in [-0.2, -0.15) is 0 Å². The minimum absolute atomic E-state index is 0.134. The molecule has 0 radical (unpaired) electrons. The molecule has 0 atom stereocenters. The Bertz CT molecular complexity index is 833. The monoisotopic (exact) mass is 370 g/mol. The number of nitrogens with one attached hydrogen (secondary N) is 1. The summed E-state index contributed by atoms with van der Waals surface area (Å²) in [7, 11) is 0. The highest BCUT2D eigenvalue weighted by molar-refractivity contribution is 5.98. The predicted molar refractivity (Wildman–Crippen MR) is 95.3 cm³/mol. The number of hydrogen-bond acceptors (Lipinski definition) is 4. The van der Waals surface area contributed by atoms with E-state index in [2.05, 4.69) is 10.3 Å². The third-order valence-corrected chi connectivity index (χ3v) is 4.36. The minimum atomic E-state index is -0.417. The van der Waals surface area contributed by atoms with Crippen LogP contribution in [-0.4, -0.2) is 59.2 Å². The maximum absolute atomic E-state index is 12.9. The summed E-state index contributed by atoms with van der Waals surface area (Å²) in [5.41, 5.74) is 1.26. The predicted octanol–water partition coefficient (Wildman–Crippen LogP) is 1.06. The first-order valence-electron chi connectivity index (χ1n) is 8.54. The van der Waals surface area contributed by atoms with Crippen LogP contribution in [-0.2, 0) is 11.3 Å². The molecule has 0 bridgehead atoms.